The van der Waals surface area contributed by atoms with Crippen molar-refractivity contribution in [1.29, 1.82) is 0 Å². The summed E-state index contributed by atoms with van der Waals surface area (Å²) in [5.74, 6) is 4.56. The Bertz CT molecular complexity index is 839. The monoisotopic (exact) mass is 368 g/mol. The first kappa shape index (κ1) is 18.7. The highest BCUT2D eigenvalue weighted by Crippen LogP contribution is 2.29. The van der Waals surface area contributed by atoms with Crippen LogP contribution in [0.4, 0.5) is 13.2 Å². The van der Waals surface area contributed by atoms with Gasteiger partial charge < -0.3 is 5.32 Å². The molecule has 0 fully saturated rings. The number of hydrogen-bond donors (Lipinski definition) is 1. The third-order valence-corrected chi connectivity index (χ3v) is 3.27. The zero-order valence-electron chi connectivity index (χ0n) is 13.1. The number of alkyl halides is 3. The van der Waals surface area contributed by atoms with Crippen molar-refractivity contribution in [3.8, 4) is 11.8 Å². The number of carbonyl (C=O) groups excluding carboxylic acids is 1. The van der Waals surface area contributed by atoms with Crippen LogP contribution in [0, 0.1) is 11.8 Å². The van der Waals surface area contributed by atoms with Crippen molar-refractivity contribution < 1.29 is 18.0 Å². The predicted molar refractivity (Wildman–Crippen MR) is 84.9 cm³/mol. The first-order chi connectivity index (χ1) is 11.6. The van der Waals surface area contributed by atoms with Gasteiger partial charge in [-0.15, -0.1) is 0 Å². The van der Waals surface area contributed by atoms with Crippen molar-refractivity contribution in [2.24, 2.45) is 0 Å². The minimum absolute atomic E-state index is 0.0595. The maximum Gasteiger partial charge on any atom is 0.410 e. The van der Waals surface area contributed by atoms with Gasteiger partial charge in [0.25, 0.3) is 5.91 Å². The molecule has 2 heterocycles. The molecule has 0 aromatic carbocycles. The Morgan fingerprint density at radius 1 is 1.16 bits per heavy atom. The van der Waals surface area contributed by atoms with Crippen LogP contribution in [0.2, 0.25) is 5.28 Å². The van der Waals surface area contributed by atoms with Gasteiger partial charge in [0.1, 0.15) is 16.9 Å². The first-order valence-electron chi connectivity index (χ1n) is 6.94. The predicted octanol–water partition coefficient (Wildman–Crippen LogP) is 3.00. The first-order valence-corrected chi connectivity index (χ1v) is 7.32. The lowest BCUT2D eigenvalue weighted by Crippen LogP contribution is -2.54. The molecule has 1 N–H and O–H groups in total. The quantitative estimate of drug-likeness (QED) is 0.653. The van der Waals surface area contributed by atoms with Gasteiger partial charge in [0.15, 0.2) is 0 Å². The van der Waals surface area contributed by atoms with Crippen LogP contribution in [-0.2, 0) is 0 Å². The van der Waals surface area contributed by atoms with E-state index in [1.807, 2.05) is 5.32 Å². The summed E-state index contributed by atoms with van der Waals surface area (Å²) in [7, 11) is 0. The molecule has 1 amide bonds. The van der Waals surface area contributed by atoms with Crippen molar-refractivity contribution in [2.45, 2.75) is 25.6 Å². The summed E-state index contributed by atoms with van der Waals surface area (Å²) in [5, 5.41) is 1.96. The second-order valence-electron chi connectivity index (χ2n) is 5.47. The number of carbonyl (C=O) groups is 1. The highest BCUT2D eigenvalue weighted by Gasteiger charge is 2.48. The highest BCUT2D eigenvalue weighted by atomic mass is 35.5. The maximum atomic E-state index is 12.8. The molecule has 2 rings (SSSR count). The molecule has 0 atom stereocenters. The van der Waals surface area contributed by atoms with Crippen LogP contribution >= 0.6 is 11.6 Å². The van der Waals surface area contributed by atoms with E-state index in [0.29, 0.717) is 11.3 Å². The van der Waals surface area contributed by atoms with E-state index in [2.05, 4.69) is 26.8 Å². The van der Waals surface area contributed by atoms with Gasteiger partial charge in [0.05, 0.1) is 0 Å². The fourth-order valence-electron chi connectivity index (χ4n) is 1.56. The molecule has 0 aliphatic carbocycles. The molecule has 2 aromatic heterocycles. The zero-order chi connectivity index (χ0) is 18.7. The van der Waals surface area contributed by atoms with E-state index in [0.717, 1.165) is 13.8 Å². The lowest BCUT2D eigenvalue weighted by atomic mass is 10.0. The fourth-order valence-corrected chi connectivity index (χ4v) is 1.71. The number of hydrogen-bond acceptors (Lipinski definition) is 4. The van der Waals surface area contributed by atoms with Crippen LogP contribution in [-0.4, -0.2) is 32.6 Å². The summed E-state index contributed by atoms with van der Waals surface area (Å²) >= 11 is 5.64. The SMILES string of the molecule is CC(C)(NC(=O)c1ccc(C#Cc2ccnc(Cl)n2)cn1)C(F)(F)F. The Kier molecular flexibility index (Phi) is 5.28. The second-order valence-corrected chi connectivity index (χ2v) is 5.81. The number of nitrogens with one attached hydrogen (secondary N) is 1. The molecule has 2 aromatic rings. The van der Waals surface area contributed by atoms with Crippen LogP contribution in [0.3, 0.4) is 0 Å². The molecule has 0 unspecified atom stereocenters. The van der Waals surface area contributed by atoms with Gasteiger partial charge in [-0.1, -0.05) is 5.92 Å². The van der Waals surface area contributed by atoms with Gasteiger partial charge in [-0.2, -0.15) is 13.2 Å². The normalized spacial score (nSPS) is 11.4. The maximum absolute atomic E-state index is 12.8. The summed E-state index contributed by atoms with van der Waals surface area (Å²) < 4.78 is 38.4. The standard InChI is InChI=1S/C16H12ClF3N4O/c1-15(2,16(18,19)20)24-13(25)12-6-4-10(9-22-12)3-5-11-7-8-21-14(17)23-11/h4,6-9H,1-2H3,(H,24,25). The van der Waals surface area contributed by atoms with Crippen LogP contribution in [0.5, 0.6) is 0 Å². The summed E-state index contributed by atoms with van der Waals surface area (Å²) in [6, 6.07) is 4.32. The molecule has 25 heavy (non-hydrogen) atoms. The van der Waals surface area contributed by atoms with Gasteiger partial charge in [-0.05, 0) is 49.6 Å². The van der Waals surface area contributed by atoms with E-state index in [-0.39, 0.29) is 11.0 Å². The van der Waals surface area contributed by atoms with Gasteiger partial charge in [0, 0.05) is 18.0 Å². The summed E-state index contributed by atoms with van der Waals surface area (Å²) in [4.78, 5) is 23.3. The molecule has 0 spiro atoms. The molecule has 0 aliphatic rings. The Balaban J connectivity index is 2.11. The number of aromatic nitrogens is 3. The second kappa shape index (κ2) is 7.07. The molecule has 0 saturated carbocycles. The molecule has 5 nitrogen and oxygen atoms in total. The number of rotatable bonds is 2. The van der Waals surface area contributed by atoms with Crippen LogP contribution < -0.4 is 5.32 Å². The summed E-state index contributed by atoms with van der Waals surface area (Å²) in [5.41, 5.74) is -1.65. The van der Waals surface area contributed by atoms with Crippen molar-refractivity contribution >= 4 is 17.5 Å². The summed E-state index contributed by atoms with van der Waals surface area (Å²) in [6.45, 7) is 1.75. The smallest absolute Gasteiger partial charge is 0.337 e. The molecular formula is C16H12ClF3N4O. The topological polar surface area (TPSA) is 67.8 Å². The zero-order valence-corrected chi connectivity index (χ0v) is 13.9. The fraction of sp³-hybridized carbons (Fsp3) is 0.250. The molecule has 0 aliphatic heterocycles. The van der Waals surface area contributed by atoms with Crippen molar-refractivity contribution in [3.05, 3.63) is 52.8 Å². The number of nitrogens with zero attached hydrogens (tertiary/aromatic N) is 3. The Hall–Kier alpha value is -2.66. The largest absolute Gasteiger partial charge is 0.410 e. The van der Waals surface area contributed by atoms with Gasteiger partial charge in [-0.25, -0.2) is 15.0 Å². The van der Waals surface area contributed by atoms with E-state index in [9.17, 15) is 18.0 Å². The molecule has 9 heteroatoms. The third-order valence-electron chi connectivity index (χ3n) is 3.09. The Morgan fingerprint density at radius 3 is 2.44 bits per heavy atom. The average Bonchev–Trinajstić information content (AvgIpc) is 2.52. The molecule has 130 valence electrons. The van der Waals surface area contributed by atoms with Crippen molar-refractivity contribution in [1.82, 2.24) is 20.3 Å². The number of halogens is 4. The van der Waals surface area contributed by atoms with Gasteiger partial charge in [0.2, 0.25) is 5.28 Å². The lowest BCUT2D eigenvalue weighted by molar-refractivity contribution is -0.182. The number of pyridine rings is 1. The molecule has 0 bridgehead atoms. The summed E-state index contributed by atoms with van der Waals surface area (Å²) in [6.07, 6.45) is -1.84. The van der Waals surface area contributed by atoms with E-state index in [4.69, 9.17) is 11.6 Å². The van der Waals surface area contributed by atoms with Gasteiger partial charge in [-0.3, -0.25) is 4.79 Å². The van der Waals surface area contributed by atoms with E-state index < -0.39 is 17.6 Å². The van der Waals surface area contributed by atoms with E-state index in [1.54, 1.807) is 6.07 Å². The molecule has 0 saturated heterocycles. The minimum Gasteiger partial charge on any atom is -0.337 e. The Morgan fingerprint density at radius 2 is 1.88 bits per heavy atom. The minimum atomic E-state index is -4.58. The van der Waals surface area contributed by atoms with Gasteiger partial charge >= 0.3 is 6.18 Å². The van der Waals surface area contributed by atoms with Crippen molar-refractivity contribution in [3.63, 3.8) is 0 Å². The van der Waals surface area contributed by atoms with Crippen LogP contribution in [0.25, 0.3) is 0 Å². The average molecular weight is 369 g/mol. The van der Waals surface area contributed by atoms with Crippen molar-refractivity contribution in [2.75, 3.05) is 0 Å². The molecule has 0 radical (unpaired) electrons. The van der Waals surface area contributed by atoms with Crippen LogP contribution in [0.15, 0.2) is 30.6 Å². The Labute approximate surface area is 146 Å². The lowest BCUT2D eigenvalue weighted by Gasteiger charge is -2.28. The number of amides is 1. The van der Waals surface area contributed by atoms with E-state index >= 15 is 0 Å². The van der Waals surface area contributed by atoms with E-state index in [1.165, 1.54) is 24.5 Å². The van der Waals surface area contributed by atoms with Crippen LogP contribution in [0.1, 0.15) is 35.6 Å². The third kappa shape index (κ3) is 4.90. The molecular weight excluding hydrogens is 357 g/mol. The highest BCUT2D eigenvalue weighted by molar-refractivity contribution is 6.28.